The van der Waals surface area contributed by atoms with E-state index in [0.717, 1.165) is 46.0 Å². The van der Waals surface area contributed by atoms with Crippen molar-refractivity contribution in [2.45, 2.75) is 54.1 Å². The maximum atomic E-state index is 13.3. The quantitative estimate of drug-likeness (QED) is 0.364. The molecule has 0 saturated heterocycles. The fourth-order valence-corrected chi connectivity index (χ4v) is 8.00. The number of carbonyl (C=O) groups excluding carboxylic acids is 2. The van der Waals surface area contributed by atoms with E-state index in [-0.39, 0.29) is 50.2 Å². The normalized spacial score (nSPS) is 12.0. The predicted octanol–water partition coefficient (Wildman–Crippen LogP) is 6.59. The second-order valence-corrected chi connectivity index (χ2v) is 13.6. The second-order valence-electron chi connectivity index (χ2n) is 8.40. The molecule has 0 aliphatic carbocycles. The maximum absolute atomic E-state index is 13.3. The Bertz CT molecular complexity index is 933. The van der Waals surface area contributed by atoms with Gasteiger partial charge in [-0.15, -0.1) is 0 Å². The number of rotatable bonds is 8. The molecule has 2 aromatic carbocycles. The van der Waals surface area contributed by atoms with Crippen LogP contribution < -0.4 is 10.6 Å². The number of nitrogens with one attached hydrogen (secondary N) is 2. The van der Waals surface area contributed by atoms with E-state index in [9.17, 15) is 9.59 Å². The molecule has 0 bridgehead atoms. The van der Waals surface area contributed by atoms with Gasteiger partial charge in [-0.1, -0.05) is 29.8 Å². The first kappa shape index (κ1) is 29.2. The van der Waals surface area contributed by atoms with E-state index in [1.54, 1.807) is 0 Å². The molecule has 0 saturated carbocycles. The first-order chi connectivity index (χ1) is 14.5. The average molecular weight is 551 g/mol. The molecule has 2 rings (SSSR count). The van der Waals surface area contributed by atoms with Gasteiger partial charge in [0.1, 0.15) is 11.8 Å². The van der Waals surface area contributed by atoms with Crippen molar-refractivity contribution in [3.63, 3.8) is 0 Å². The number of benzene rings is 2. The van der Waals surface area contributed by atoms with Gasteiger partial charge in [-0.05, 0) is 82.9 Å². The Hall–Kier alpha value is -0.796. The minimum Gasteiger partial charge on any atom is -0.322 e. The average Bonchev–Trinajstić information content (AvgIpc) is 2.71. The summed E-state index contributed by atoms with van der Waals surface area (Å²) < 4.78 is 0. The Morgan fingerprint density at radius 3 is 1.84 bits per heavy atom. The third-order valence-corrected chi connectivity index (χ3v) is 11.9. The van der Waals surface area contributed by atoms with Crippen molar-refractivity contribution in [3.8, 4) is 0 Å². The molecule has 2 N–H and O–H groups in total. The minimum absolute atomic E-state index is 0. The maximum Gasteiger partial charge on any atom is 0.264 e. The van der Waals surface area contributed by atoms with Crippen molar-refractivity contribution in [3.05, 3.63) is 57.6 Å². The molecule has 0 spiro atoms. The molecule has 1 radical (unpaired) electrons. The van der Waals surface area contributed by atoms with Crippen LogP contribution in [-0.2, 0) is 42.3 Å². The second kappa shape index (κ2) is 12.6. The van der Waals surface area contributed by atoms with Gasteiger partial charge in [0, 0.05) is 56.4 Å². The van der Waals surface area contributed by atoms with Crippen LogP contribution in [0.25, 0.3) is 0 Å². The number of para-hydroxylation sites is 1. The van der Waals surface area contributed by atoms with E-state index < -0.39 is 7.26 Å². The number of carbonyl (C=O) groups is 2. The Labute approximate surface area is 223 Å². The zero-order chi connectivity index (χ0) is 23.3. The molecule has 0 heterocycles. The third-order valence-electron chi connectivity index (χ3n) is 6.41. The first-order valence-corrected chi connectivity index (χ1v) is 13.6. The van der Waals surface area contributed by atoms with E-state index in [0.29, 0.717) is 11.2 Å². The van der Waals surface area contributed by atoms with Gasteiger partial charge in [0.05, 0.1) is 12.3 Å². The third kappa shape index (κ3) is 6.86. The molecule has 0 aliphatic rings. The van der Waals surface area contributed by atoms with Crippen molar-refractivity contribution >= 4 is 42.1 Å². The van der Waals surface area contributed by atoms with E-state index in [2.05, 4.69) is 24.5 Å². The summed E-state index contributed by atoms with van der Waals surface area (Å²) in [5.74, 6) is -0.0293. The number of anilines is 2. The van der Waals surface area contributed by atoms with Crippen LogP contribution in [0.5, 0.6) is 0 Å². The molecule has 7 heteroatoms. The molecule has 32 heavy (non-hydrogen) atoms. The van der Waals surface area contributed by atoms with E-state index in [4.69, 9.17) is 11.6 Å². The Kier molecular flexibility index (Phi) is 11.5. The smallest absolute Gasteiger partial charge is 0.264 e. The molecule has 2 aromatic rings. The largest absolute Gasteiger partial charge is 0.322 e. The molecule has 1 atom stereocenters. The summed E-state index contributed by atoms with van der Waals surface area (Å²) in [6.07, 6.45) is 2.09. The van der Waals surface area contributed by atoms with Crippen molar-refractivity contribution in [1.29, 1.82) is 0 Å². The fourth-order valence-electron chi connectivity index (χ4n) is 4.19. The molecule has 0 fully saturated rings. The van der Waals surface area contributed by atoms with Crippen LogP contribution in [0, 0.1) is 27.7 Å². The van der Waals surface area contributed by atoms with E-state index in [1.165, 1.54) is 0 Å². The summed E-state index contributed by atoms with van der Waals surface area (Å²) in [6.45, 7) is 14.1. The summed E-state index contributed by atoms with van der Waals surface area (Å²) in [4.78, 5) is 26.3. The molecule has 4 nitrogen and oxygen atoms in total. The van der Waals surface area contributed by atoms with Crippen molar-refractivity contribution in [2.75, 3.05) is 29.1 Å². The molecule has 0 aromatic heterocycles. The van der Waals surface area contributed by atoms with Gasteiger partial charge in [0.2, 0.25) is 0 Å². The molecule has 2 amide bonds. The van der Waals surface area contributed by atoms with Crippen LogP contribution in [0.15, 0.2) is 30.3 Å². The molecule has 171 valence electrons. The van der Waals surface area contributed by atoms with Crippen molar-refractivity contribution in [1.82, 2.24) is 0 Å². The molecule has 0 aliphatic heterocycles. The summed E-state index contributed by atoms with van der Waals surface area (Å²) in [5, 5.41) is 6.89. The van der Waals surface area contributed by atoms with Crippen LogP contribution in [0.1, 0.15) is 43.0 Å². The standard InChI is InChI=1S/C25H34ClN2O2P.Y/c1-8-31(9-2,15-22(29)27-23-16(3)11-10-12-17(23)4)20(7)25(30)28-24-18(5)13-21(26)14-19(24)6;/h10-14,20H,8-9,15H2,1-7H3,(H-,27,28,29,30);/p+1. The van der Waals surface area contributed by atoms with Gasteiger partial charge in [0.15, 0.2) is 0 Å². The van der Waals surface area contributed by atoms with Gasteiger partial charge < -0.3 is 10.6 Å². The number of hydrogen-bond donors (Lipinski definition) is 2. The number of halogens is 1. The van der Waals surface area contributed by atoms with Crippen molar-refractivity contribution < 1.29 is 42.3 Å². The van der Waals surface area contributed by atoms with Gasteiger partial charge in [-0.25, -0.2) is 0 Å². The predicted molar refractivity (Wildman–Crippen MR) is 136 cm³/mol. The van der Waals surface area contributed by atoms with E-state index in [1.807, 2.05) is 65.0 Å². The number of hydrogen-bond acceptors (Lipinski definition) is 2. The summed E-state index contributed by atoms with van der Waals surface area (Å²) in [7, 11) is -1.86. The SMILES string of the molecule is CC[P+](CC)(CC(=O)Nc1c(C)cccc1C)C(C)C(=O)Nc1c(C)cc(Cl)cc1C.[Y]. The molecular formula is C25H35ClN2O2PY+. The fraction of sp³-hybridized carbons (Fsp3) is 0.440. The number of amides is 2. The van der Waals surface area contributed by atoms with Crippen molar-refractivity contribution in [2.24, 2.45) is 0 Å². The van der Waals surface area contributed by atoms with Crippen LogP contribution >= 0.6 is 18.9 Å². The van der Waals surface area contributed by atoms with Gasteiger partial charge >= 0.3 is 0 Å². The topological polar surface area (TPSA) is 58.2 Å². The Morgan fingerprint density at radius 2 is 1.38 bits per heavy atom. The van der Waals surface area contributed by atoms with Crippen LogP contribution in [-0.4, -0.2) is 36.0 Å². The summed E-state index contributed by atoms with van der Waals surface area (Å²) in [6, 6.07) is 9.70. The Morgan fingerprint density at radius 1 is 0.906 bits per heavy atom. The monoisotopic (exact) mass is 550 g/mol. The van der Waals surface area contributed by atoms with E-state index >= 15 is 0 Å². The zero-order valence-corrected chi connectivity index (χ0v) is 24.8. The minimum atomic E-state index is -1.86. The molecule has 1 unspecified atom stereocenters. The summed E-state index contributed by atoms with van der Waals surface area (Å²) >= 11 is 6.13. The number of aryl methyl sites for hydroxylation is 4. The van der Waals surface area contributed by atoms with Gasteiger partial charge in [-0.3, -0.25) is 9.59 Å². The first-order valence-electron chi connectivity index (χ1n) is 10.8. The van der Waals surface area contributed by atoms with Crippen LogP contribution in [0.2, 0.25) is 5.02 Å². The molecular weight excluding hydrogens is 516 g/mol. The summed E-state index contributed by atoms with van der Waals surface area (Å²) in [5.41, 5.74) is 5.44. The zero-order valence-electron chi connectivity index (χ0n) is 20.3. The van der Waals surface area contributed by atoms with Crippen LogP contribution in [0.4, 0.5) is 11.4 Å². The van der Waals surface area contributed by atoms with Gasteiger partial charge in [0.25, 0.3) is 11.8 Å². The Balaban J connectivity index is 0.00000512. The van der Waals surface area contributed by atoms with Gasteiger partial charge in [-0.2, -0.15) is 0 Å². The van der Waals surface area contributed by atoms with Crippen LogP contribution in [0.3, 0.4) is 0 Å².